The summed E-state index contributed by atoms with van der Waals surface area (Å²) < 4.78 is 13.3. The SMILES string of the molecule is O=C(CCCC[C@@H]1SC[C@@H]2NC(=O)N[C@@H]21)NC1(c2ccc(F)cc2)CCCC1. The van der Waals surface area contributed by atoms with Gasteiger partial charge in [0, 0.05) is 17.4 Å². The number of unbranched alkanes of at least 4 members (excludes halogenated alkanes) is 1. The lowest BCUT2D eigenvalue weighted by Crippen LogP contribution is -2.43. The summed E-state index contributed by atoms with van der Waals surface area (Å²) in [6, 6.07) is 6.99. The summed E-state index contributed by atoms with van der Waals surface area (Å²) >= 11 is 1.91. The van der Waals surface area contributed by atoms with Gasteiger partial charge in [-0.25, -0.2) is 9.18 Å². The third-order valence-corrected chi connectivity index (χ3v) is 7.82. The van der Waals surface area contributed by atoms with E-state index in [1.807, 2.05) is 11.8 Å². The first-order chi connectivity index (χ1) is 13.6. The molecule has 3 fully saturated rings. The van der Waals surface area contributed by atoms with Crippen molar-refractivity contribution >= 4 is 23.7 Å². The summed E-state index contributed by atoms with van der Waals surface area (Å²) in [5.41, 5.74) is 0.677. The van der Waals surface area contributed by atoms with Gasteiger partial charge in [-0.1, -0.05) is 31.4 Å². The molecule has 7 heteroatoms. The number of carbonyl (C=O) groups is 2. The van der Waals surface area contributed by atoms with Crippen LogP contribution < -0.4 is 16.0 Å². The van der Waals surface area contributed by atoms with Gasteiger partial charge in [0.15, 0.2) is 0 Å². The van der Waals surface area contributed by atoms with E-state index >= 15 is 0 Å². The van der Waals surface area contributed by atoms with Crippen LogP contribution in [0.25, 0.3) is 0 Å². The van der Waals surface area contributed by atoms with Crippen LogP contribution in [-0.4, -0.2) is 35.0 Å². The average Bonchev–Trinajstić information content (AvgIpc) is 3.37. The van der Waals surface area contributed by atoms with Gasteiger partial charge < -0.3 is 16.0 Å². The maximum atomic E-state index is 13.3. The van der Waals surface area contributed by atoms with E-state index in [9.17, 15) is 14.0 Å². The van der Waals surface area contributed by atoms with E-state index in [4.69, 9.17) is 0 Å². The normalized spacial score (nSPS) is 27.9. The van der Waals surface area contributed by atoms with Crippen molar-refractivity contribution in [1.29, 1.82) is 0 Å². The number of carbonyl (C=O) groups excluding carboxylic acids is 2. The summed E-state index contributed by atoms with van der Waals surface area (Å²) in [7, 11) is 0. The smallest absolute Gasteiger partial charge is 0.315 e. The van der Waals surface area contributed by atoms with Crippen molar-refractivity contribution in [2.75, 3.05) is 5.75 Å². The van der Waals surface area contributed by atoms with Crippen molar-refractivity contribution < 1.29 is 14.0 Å². The van der Waals surface area contributed by atoms with Crippen LogP contribution in [0, 0.1) is 5.82 Å². The Morgan fingerprint density at radius 3 is 2.68 bits per heavy atom. The van der Waals surface area contributed by atoms with E-state index in [2.05, 4.69) is 16.0 Å². The number of hydrogen-bond acceptors (Lipinski definition) is 3. The molecule has 3 atom stereocenters. The molecule has 1 saturated carbocycles. The lowest BCUT2D eigenvalue weighted by atomic mass is 9.88. The largest absolute Gasteiger partial charge is 0.347 e. The fourth-order valence-electron chi connectivity index (χ4n) is 4.84. The van der Waals surface area contributed by atoms with Crippen LogP contribution in [0.15, 0.2) is 24.3 Å². The highest BCUT2D eigenvalue weighted by Crippen LogP contribution is 2.39. The van der Waals surface area contributed by atoms with Gasteiger partial charge in [0.2, 0.25) is 5.91 Å². The standard InChI is InChI=1S/C21H28FN3O2S/c22-15-9-7-14(8-10-15)21(11-3-4-12-21)25-18(26)6-2-1-5-17-19-16(13-28-17)23-20(27)24-19/h7-10,16-17,19H,1-6,11-13H2,(H,25,26)(H2,23,24,27)/t16-,17-,19-/m0/s1. The number of rotatable bonds is 7. The van der Waals surface area contributed by atoms with E-state index in [-0.39, 0.29) is 35.4 Å². The molecule has 2 heterocycles. The van der Waals surface area contributed by atoms with E-state index in [0.29, 0.717) is 11.7 Å². The number of nitrogens with one attached hydrogen (secondary N) is 3. The summed E-state index contributed by atoms with van der Waals surface area (Å²) in [6.07, 6.45) is 7.35. The molecule has 4 rings (SSSR count). The Balaban J connectivity index is 1.24. The molecule has 0 spiro atoms. The zero-order valence-electron chi connectivity index (χ0n) is 16.0. The van der Waals surface area contributed by atoms with Crippen molar-refractivity contribution in [3.05, 3.63) is 35.6 Å². The molecule has 2 aliphatic heterocycles. The van der Waals surface area contributed by atoms with Gasteiger partial charge in [0.25, 0.3) is 0 Å². The van der Waals surface area contributed by atoms with Crippen LogP contribution in [-0.2, 0) is 10.3 Å². The maximum absolute atomic E-state index is 13.3. The van der Waals surface area contributed by atoms with Crippen LogP contribution >= 0.6 is 11.8 Å². The number of amides is 3. The second kappa shape index (κ2) is 8.31. The number of fused-ring (bicyclic) bond motifs is 1. The number of benzene rings is 1. The quantitative estimate of drug-likeness (QED) is 0.481. The molecule has 3 aliphatic rings. The molecular weight excluding hydrogens is 377 g/mol. The van der Waals surface area contributed by atoms with Gasteiger partial charge in [-0.15, -0.1) is 0 Å². The Bertz CT molecular complexity index is 721. The molecule has 1 aliphatic carbocycles. The Morgan fingerprint density at radius 1 is 1.18 bits per heavy atom. The lowest BCUT2D eigenvalue weighted by molar-refractivity contribution is -0.123. The summed E-state index contributed by atoms with van der Waals surface area (Å²) in [4.78, 5) is 24.1. The first kappa shape index (κ1) is 19.6. The first-order valence-corrected chi connectivity index (χ1v) is 11.4. The summed E-state index contributed by atoms with van der Waals surface area (Å²) in [5.74, 6) is 0.803. The van der Waals surface area contributed by atoms with Gasteiger partial charge in [-0.3, -0.25) is 4.79 Å². The molecule has 0 unspecified atom stereocenters. The topological polar surface area (TPSA) is 70.2 Å². The number of urea groups is 1. The second-order valence-corrected chi connectivity index (χ2v) is 9.48. The van der Waals surface area contributed by atoms with Crippen LogP contribution in [0.4, 0.5) is 9.18 Å². The molecule has 0 aromatic heterocycles. The molecular formula is C21H28FN3O2S. The number of halogens is 1. The molecule has 0 bridgehead atoms. The Kier molecular flexibility index (Phi) is 5.80. The van der Waals surface area contributed by atoms with Crippen LogP contribution in [0.3, 0.4) is 0 Å². The molecule has 0 radical (unpaired) electrons. The third-order valence-electron chi connectivity index (χ3n) is 6.31. The highest BCUT2D eigenvalue weighted by Gasteiger charge is 2.42. The molecule has 3 amide bonds. The van der Waals surface area contributed by atoms with Gasteiger partial charge in [0.1, 0.15) is 5.82 Å². The predicted octanol–water partition coefficient (Wildman–Crippen LogP) is 3.44. The van der Waals surface area contributed by atoms with E-state index in [0.717, 1.165) is 56.3 Å². The van der Waals surface area contributed by atoms with Crippen LogP contribution in [0.1, 0.15) is 56.9 Å². The van der Waals surface area contributed by atoms with Crippen molar-refractivity contribution in [1.82, 2.24) is 16.0 Å². The second-order valence-electron chi connectivity index (χ2n) is 8.21. The van der Waals surface area contributed by atoms with Gasteiger partial charge in [-0.05, 0) is 43.4 Å². The minimum absolute atomic E-state index is 0.0534. The molecule has 1 aromatic carbocycles. The Morgan fingerprint density at radius 2 is 1.93 bits per heavy atom. The summed E-state index contributed by atoms with van der Waals surface area (Å²) in [6.45, 7) is 0. The van der Waals surface area contributed by atoms with Crippen molar-refractivity contribution in [2.45, 2.75) is 74.2 Å². The van der Waals surface area contributed by atoms with Crippen LogP contribution in [0.2, 0.25) is 0 Å². The van der Waals surface area contributed by atoms with E-state index in [1.165, 1.54) is 12.1 Å². The Labute approximate surface area is 169 Å². The average molecular weight is 406 g/mol. The van der Waals surface area contributed by atoms with Crippen molar-refractivity contribution in [3.8, 4) is 0 Å². The number of thioether (sulfide) groups is 1. The minimum atomic E-state index is -0.334. The van der Waals surface area contributed by atoms with Crippen molar-refractivity contribution in [3.63, 3.8) is 0 Å². The van der Waals surface area contributed by atoms with E-state index in [1.54, 1.807) is 12.1 Å². The lowest BCUT2D eigenvalue weighted by Gasteiger charge is -2.31. The fourth-order valence-corrected chi connectivity index (χ4v) is 6.38. The van der Waals surface area contributed by atoms with Crippen LogP contribution in [0.5, 0.6) is 0 Å². The monoisotopic (exact) mass is 405 g/mol. The van der Waals surface area contributed by atoms with Gasteiger partial charge in [0.05, 0.1) is 17.6 Å². The third kappa shape index (κ3) is 4.14. The van der Waals surface area contributed by atoms with Gasteiger partial charge >= 0.3 is 6.03 Å². The highest BCUT2D eigenvalue weighted by atomic mass is 32.2. The predicted molar refractivity (Wildman–Crippen MR) is 109 cm³/mol. The zero-order valence-corrected chi connectivity index (χ0v) is 16.8. The van der Waals surface area contributed by atoms with Crippen molar-refractivity contribution in [2.24, 2.45) is 0 Å². The van der Waals surface area contributed by atoms with E-state index < -0.39 is 0 Å². The zero-order chi connectivity index (χ0) is 19.6. The highest BCUT2D eigenvalue weighted by molar-refractivity contribution is 8.00. The summed E-state index contributed by atoms with van der Waals surface area (Å²) in [5, 5.41) is 9.68. The minimum Gasteiger partial charge on any atom is -0.347 e. The Hall–Kier alpha value is -1.76. The molecule has 2 saturated heterocycles. The maximum Gasteiger partial charge on any atom is 0.315 e. The molecule has 28 heavy (non-hydrogen) atoms. The molecule has 152 valence electrons. The fraction of sp³-hybridized carbons (Fsp3) is 0.619. The number of hydrogen-bond donors (Lipinski definition) is 3. The first-order valence-electron chi connectivity index (χ1n) is 10.3. The van der Waals surface area contributed by atoms with Gasteiger partial charge in [-0.2, -0.15) is 11.8 Å². The molecule has 3 N–H and O–H groups in total. The molecule has 1 aromatic rings. The molecule has 5 nitrogen and oxygen atoms in total.